The Hall–Kier alpha value is -0.640. The van der Waals surface area contributed by atoms with E-state index >= 15 is 0 Å². The van der Waals surface area contributed by atoms with Crippen molar-refractivity contribution < 1.29 is 4.79 Å². The highest BCUT2D eigenvalue weighted by molar-refractivity contribution is 7.80. The van der Waals surface area contributed by atoms with Crippen molar-refractivity contribution in [2.75, 3.05) is 6.54 Å². The molecule has 0 rings (SSSR count). The first-order valence-electron chi connectivity index (χ1n) is 3.28. The van der Waals surface area contributed by atoms with Gasteiger partial charge in [-0.25, -0.2) is 0 Å². The van der Waals surface area contributed by atoms with E-state index in [1.165, 1.54) is 0 Å². The number of thiocarbonyl (C=S) groups is 1. The first-order valence-corrected chi connectivity index (χ1v) is 3.69. The van der Waals surface area contributed by atoms with Gasteiger partial charge in [-0.15, -0.1) is 0 Å². The zero-order chi connectivity index (χ0) is 7.98. The van der Waals surface area contributed by atoms with Crippen LogP contribution >= 0.6 is 12.2 Å². The minimum absolute atomic E-state index is 0.0500. The molecular formula is C6H12N2OS. The fourth-order valence-corrected chi connectivity index (χ4v) is 0.678. The Morgan fingerprint density at radius 2 is 2.10 bits per heavy atom. The number of amides is 1. The lowest BCUT2D eigenvalue weighted by Gasteiger charge is -2.04. The molecule has 0 aliphatic rings. The van der Waals surface area contributed by atoms with Crippen LogP contribution in [-0.2, 0) is 4.79 Å². The SMILES string of the molecule is CCNC(=S)NC(=O)CC. The predicted octanol–water partition coefficient (Wildman–Crippen LogP) is 0.407. The second-order valence-corrected chi connectivity index (χ2v) is 2.17. The van der Waals surface area contributed by atoms with E-state index in [1.54, 1.807) is 6.92 Å². The van der Waals surface area contributed by atoms with E-state index in [0.717, 1.165) is 6.54 Å². The van der Waals surface area contributed by atoms with Crippen molar-refractivity contribution in [1.29, 1.82) is 0 Å². The van der Waals surface area contributed by atoms with Gasteiger partial charge in [0.2, 0.25) is 5.91 Å². The second-order valence-electron chi connectivity index (χ2n) is 1.76. The summed E-state index contributed by atoms with van der Waals surface area (Å²) in [5, 5.41) is 5.73. The van der Waals surface area contributed by atoms with Gasteiger partial charge in [0.15, 0.2) is 5.11 Å². The molecular weight excluding hydrogens is 148 g/mol. The smallest absolute Gasteiger partial charge is 0.225 e. The maximum atomic E-state index is 10.7. The third-order valence-corrected chi connectivity index (χ3v) is 1.16. The van der Waals surface area contributed by atoms with Gasteiger partial charge in [-0.2, -0.15) is 0 Å². The summed E-state index contributed by atoms with van der Waals surface area (Å²) < 4.78 is 0. The second kappa shape index (κ2) is 5.17. The van der Waals surface area contributed by atoms with Crippen LogP contribution in [0.25, 0.3) is 0 Å². The molecule has 3 nitrogen and oxygen atoms in total. The molecule has 0 spiro atoms. The summed E-state index contributed by atoms with van der Waals surface area (Å²) in [6.07, 6.45) is 0.464. The number of carbonyl (C=O) groups is 1. The molecule has 0 heterocycles. The summed E-state index contributed by atoms with van der Waals surface area (Å²) in [5.41, 5.74) is 0. The fourth-order valence-electron chi connectivity index (χ4n) is 0.420. The molecule has 0 atom stereocenters. The minimum atomic E-state index is -0.0500. The van der Waals surface area contributed by atoms with Crippen molar-refractivity contribution >= 4 is 23.2 Å². The molecule has 0 radical (unpaired) electrons. The summed E-state index contributed by atoms with van der Waals surface area (Å²) in [7, 11) is 0. The molecule has 0 saturated heterocycles. The fraction of sp³-hybridized carbons (Fsp3) is 0.667. The van der Waals surface area contributed by atoms with E-state index in [0.29, 0.717) is 11.5 Å². The minimum Gasteiger partial charge on any atom is -0.363 e. The highest BCUT2D eigenvalue weighted by atomic mass is 32.1. The lowest BCUT2D eigenvalue weighted by molar-refractivity contribution is -0.119. The normalized spacial score (nSPS) is 8.60. The number of hydrogen-bond donors (Lipinski definition) is 2. The van der Waals surface area contributed by atoms with Gasteiger partial charge >= 0.3 is 0 Å². The van der Waals surface area contributed by atoms with Crippen LogP contribution < -0.4 is 10.6 Å². The Labute approximate surface area is 66.2 Å². The molecule has 0 aliphatic carbocycles. The van der Waals surface area contributed by atoms with E-state index in [4.69, 9.17) is 12.2 Å². The largest absolute Gasteiger partial charge is 0.363 e. The summed E-state index contributed by atoms with van der Waals surface area (Å²) in [4.78, 5) is 10.7. The van der Waals surface area contributed by atoms with Gasteiger partial charge in [0.1, 0.15) is 0 Å². The third kappa shape index (κ3) is 4.26. The first-order chi connectivity index (χ1) is 4.70. The lowest BCUT2D eigenvalue weighted by atomic mass is 10.5. The number of rotatable bonds is 2. The van der Waals surface area contributed by atoms with Crippen LogP contribution in [0.1, 0.15) is 20.3 Å². The van der Waals surface area contributed by atoms with Crippen LogP contribution in [0.3, 0.4) is 0 Å². The summed E-state index contributed by atoms with van der Waals surface area (Å²) in [6, 6.07) is 0. The topological polar surface area (TPSA) is 41.1 Å². The van der Waals surface area contributed by atoms with Crippen molar-refractivity contribution in [1.82, 2.24) is 10.6 Å². The molecule has 0 aromatic rings. The van der Waals surface area contributed by atoms with Crippen molar-refractivity contribution in [3.05, 3.63) is 0 Å². The highest BCUT2D eigenvalue weighted by Gasteiger charge is 1.97. The maximum Gasteiger partial charge on any atom is 0.225 e. The number of hydrogen-bond acceptors (Lipinski definition) is 2. The van der Waals surface area contributed by atoms with Gasteiger partial charge in [-0.1, -0.05) is 6.92 Å². The Morgan fingerprint density at radius 1 is 1.50 bits per heavy atom. The van der Waals surface area contributed by atoms with Crippen molar-refractivity contribution in [3.63, 3.8) is 0 Å². The van der Waals surface area contributed by atoms with E-state index in [9.17, 15) is 4.79 Å². The molecule has 0 bridgehead atoms. The molecule has 2 N–H and O–H groups in total. The summed E-state index contributed by atoms with van der Waals surface area (Å²) in [6.45, 7) is 4.44. The number of nitrogens with one attached hydrogen (secondary N) is 2. The highest BCUT2D eigenvalue weighted by Crippen LogP contribution is 1.74. The van der Waals surface area contributed by atoms with Gasteiger partial charge in [0, 0.05) is 13.0 Å². The predicted molar refractivity (Wildman–Crippen MR) is 44.7 cm³/mol. The molecule has 4 heteroatoms. The molecule has 0 saturated carbocycles. The summed E-state index contributed by atoms with van der Waals surface area (Å²) >= 11 is 4.75. The van der Waals surface area contributed by atoms with Gasteiger partial charge in [0.25, 0.3) is 0 Å². The zero-order valence-corrected chi connectivity index (χ0v) is 7.05. The van der Waals surface area contributed by atoms with Gasteiger partial charge < -0.3 is 10.6 Å². The van der Waals surface area contributed by atoms with Crippen molar-refractivity contribution in [2.24, 2.45) is 0 Å². The summed E-state index contributed by atoms with van der Waals surface area (Å²) in [5.74, 6) is -0.0500. The molecule has 0 aromatic heterocycles. The number of carbonyl (C=O) groups excluding carboxylic acids is 1. The maximum absolute atomic E-state index is 10.7. The van der Waals surface area contributed by atoms with Crippen molar-refractivity contribution in [3.8, 4) is 0 Å². The Morgan fingerprint density at radius 3 is 2.50 bits per heavy atom. The standard InChI is InChI=1S/C6H12N2OS/c1-3-5(9)8-6(10)7-4-2/h3-4H2,1-2H3,(H2,7,8,9,10). The molecule has 58 valence electrons. The van der Waals surface area contributed by atoms with E-state index in [-0.39, 0.29) is 5.91 Å². The molecule has 0 aliphatic heterocycles. The van der Waals surface area contributed by atoms with Crippen LogP contribution in [-0.4, -0.2) is 17.6 Å². The average Bonchev–Trinajstić information content (AvgIpc) is 1.88. The molecule has 0 unspecified atom stereocenters. The molecule has 0 fully saturated rings. The zero-order valence-electron chi connectivity index (χ0n) is 6.23. The van der Waals surface area contributed by atoms with E-state index in [1.807, 2.05) is 6.92 Å². The molecule has 10 heavy (non-hydrogen) atoms. The Bertz CT molecular complexity index is 136. The van der Waals surface area contributed by atoms with Gasteiger partial charge in [0.05, 0.1) is 0 Å². The average molecular weight is 160 g/mol. The van der Waals surface area contributed by atoms with Crippen LogP contribution in [0.15, 0.2) is 0 Å². The van der Waals surface area contributed by atoms with Crippen LogP contribution in [0.2, 0.25) is 0 Å². The molecule has 1 amide bonds. The van der Waals surface area contributed by atoms with Gasteiger partial charge in [-0.05, 0) is 19.1 Å². The Kier molecular flexibility index (Phi) is 4.84. The van der Waals surface area contributed by atoms with E-state index < -0.39 is 0 Å². The van der Waals surface area contributed by atoms with Crippen LogP contribution in [0.4, 0.5) is 0 Å². The van der Waals surface area contributed by atoms with Crippen LogP contribution in [0, 0.1) is 0 Å². The van der Waals surface area contributed by atoms with Gasteiger partial charge in [-0.3, -0.25) is 4.79 Å². The van der Waals surface area contributed by atoms with Crippen molar-refractivity contribution in [2.45, 2.75) is 20.3 Å². The lowest BCUT2D eigenvalue weighted by Crippen LogP contribution is -2.38. The van der Waals surface area contributed by atoms with Crippen LogP contribution in [0.5, 0.6) is 0 Å². The van der Waals surface area contributed by atoms with E-state index in [2.05, 4.69) is 10.6 Å². The third-order valence-electron chi connectivity index (χ3n) is 0.911. The first kappa shape index (κ1) is 9.36. The Balaban J connectivity index is 3.47. The monoisotopic (exact) mass is 160 g/mol. The quantitative estimate of drug-likeness (QED) is 0.575. The molecule has 0 aromatic carbocycles.